The molecular formula is C55H97NO5. The lowest BCUT2D eigenvalue weighted by Crippen LogP contribution is -2.46. The molecule has 0 heterocycles. The summed E-state index contributed by atoms with van der Waals surface area (Å²) in [5.41, 5.74) is 0. The number of carbonyl (C=O) groups excluding carboxylic acids is 2. The summed E-state index contributed by atoms with van der Waals surface area (Å²) in [5.74, 6) is -0.594. The highest BCUT2D eigenvalue weighted by Gasteiger charge is 2.23. The average Bonchev–Trinajstić information content (AvgIpc) is 3.25. The molecule has 0 saturated carbocycles. The summed E-state index contributed by atoms with van der Waals surface area (Å²) in [5, 5.41) is 23.7. The van der Waals surface area contributed by atoms with Crippen LogP contribution in [0.3, 0.4) is 0 Å². The van der Waals surface area contributed by atoms with E-state index in [1.54, 1.807) is 0 Å². The Labute approximate surface area is 377 Å². The standard InChI is InChI=1S/C55H97NO5/c1-4-7-10-13-16-19-22-24-26-27-29-31-33-35-38-41-44-47-53(58)52(50-57)56-54(59)49-51(61-55(60)48-45-42-39-36-21-18-15-12-9-6-3)46-43-40-37-34-32-30-28-25-23-20-17-14-11-8-5-2/h8,11-12,15,17,20,25,28,32,34,40,43,51-53,57-58H,4-7,9-10,13-14,16,18-19,21-24,26-27,29-31,33,35-39,41-42,44-50H2,1-3H3,(H,56,59)/b11-8-,15-12-,20-17-,28-25-,34-32-,43-40-. The predicted octanol–water partition coefficient (Wildman–Crippen LogP) is 15.4. The van der Waals surface area contributed by atoms with Crippen LogP contribution in [0.25, 0.3) is 0 Å². The third-order valence-corrected chi connectivity index (χ3v) is 11.3. The average molecular weight is 852 g/mol. The molecule has 0 rings (SSSR count). The predicted molar refractivity (Wildman–Crippen MR) is 264 cm³/mol. The Hall–Kier alpha value is -2.70. The Balaban J connectivity index is 4.63. The topological polar surface area (TPSA) is 95.9 Å². The van der Waals surface area contributed by atoms with Crippen LogP contribution in [0.15, 0.2) is 72.9 Å². The molecule has 0 aliphatic carbocycles. The van der Waals surface area contributed by atoms with E-state index in [0.717, 1.165) is 89.9 Å². The molecule has 352 valence electrons. The third-order valence-electron chi connectivity index (χ3n) is 11.3. The van der Waals surface area contributed by atoms with Gasteiger partial charge in [0.15, 0.2) is 0 Å². The van der Waals surface area contributed by atoms with Gasteiger partial charge >= 0.3 is 5.97 Å². The number of nitrogens with one attached hydrogen (secondary N) is 1. The first kappa shape index (κ1) is 58.3. The number of rotatable bonds is 45. The monoisotopic (exact) mass is 852 g/mol. The van der Waals surface area contributed by atoms with Gasteiger partial charge in [-0.15, -0.1) is 0 Å². The molecule has 3 unspecified atom stereocenters. The van der Waals surface area contributed by atoms with Gasteiger partial charge in [-0.05, 0) is 64.2 Å². The van der Waals surface area contributed by atoms with E-state index in [1.165, 1.54) is 103 Å². The molecule has 0 aliphatic rings. The number of esters is 1. The molecule has 0 aliphatic heterocycles. The molecule has 0 bridgehead atoms. The van der Waals surface area contributed by atoms with Crippen LogP contribution in [-0.4, -0.2) is 46.9 Å². The summed E-state index contributed by atoms with van der Waals surface area (Å²) in [6.07, 6.45) is 61.3. The van der Waals surface area contributed by atoms with Crippen molar-refractivity contribution in [2.24, 2.45) is 0 Å². The fourth-order valence-electron chi connectivity index (χ4n) is 7.40. The molecule has 61 heavy (non-hydrogen) atoms. The number of allylic oxidation sites excluding steroid dienone is 11. The van der Waals surface area contributed by atoms with Gasteiger partial charge in [0.05, 0.1) is 25.2 Å². The Bertz CT molecular complexity index is 1140. The Kier molecular flexibility index (Phi) is 46.2. The first-order valence-electron chi connectivity index (χ1n) is 25.7. The van der Waals surface area contributed by atoms with Gasteiger partial charge in [0, 0.05) is 12.8 Å². The Morgan fingerprint density at radius 1 is 0.508 bits per heavy atom. The maximum atomic E-state index is 13.2. The summed E-state index contributed by atoms with van der Waals surface area (Å²) < 4.78 is 5.84. The molecule has 0 aromatic rings. The molecule has 0 fully saturated rings. The van der Waals surface area contributed by atoms with Crippen LogP contribution < -0.4 is 5.32 Å². The van der Waals surface area contributed by atoms with E-state index >= 15 is 0 Å². The number of hydrogen-bond acceptors (Lipinski definition) is 5. The second-order valence-electron chi connectivity index (χ2n) is 17.2. The zero-order chi connectivity index (χ0) is 44.5. The van der Waals surface area contributed by atoms with Gasteiger partial charge in [-0.2, -0.15) is 0 Å². The zero-order valence-corrected chi connectivity index (χ0v) is 40.0. The van der Waals surface area contributed by atoms with Crippen LogP contribution in [0.2, 0.25) is 0 Å². The molecule has 0 aromatic heterocycles. The van der Waals surface area contributed by atoms with Crippen molar-refractivity contribution in [1.82, 2.24) is 5.32 Å². The van der Waals surface area contributed by atoms with E-state index in [-0.39, 0.29) is 24.9 Å². The largest absolute Gasteiger partial charge is 0.461 e. The van der Waals surface area contributed by atoms with Gasteiger partial charge in [0.25, 0.3) is 0 Å². The summed E-state index contributed by atoms with van der Waals surface area (Å²) in [6.45, 7) is 6.28. The Morgan fingerprint density at radius 3 is 1.44 bits per heavy atom. The van der Waals surface area contributed by atoms with Gasteiger partial charge < -0.3 is 20.3 Å². The van der Waals surface area contributed by atoms with E-state index in [2.05, 4.69) is 86.8 Å². The van der Waals surface area contributed by atoms with Crippen molar-refractivity contribution in [1.29, 1.82) is 0 Å². The number of unbranched alkanes of at least 4 members (excludes halogenated alkanes) is 22. The zero-order valence-electron chi connectivity index (χ0n) is 40.0. The van der Waals surface area contributed by atoms with E-state index in [4.69, 9.17) is 4.74 Å². The molecule has 3 N–H and O–H groups in total. The molecular weight excluding hydrogens is 755 g/mol. The van der Waals surface area contributed by atoms with Crippen molar-refractivity contribution in [3.63, 3.8) is 0 Å². The quantitative estimate of drug-likeness (QED) is 0.0322. The summed E-state index contributed by atoms with van der Waals surface area (Å²) in [4.78, 5) is 26.0. The summed E-state index contributed by atoms with van der Waals surface area (Å²) >= 11 is 0. The number of aliphatic hydroxyl groups is 2. The van der Waals surface area contributed by atoms with Crippen LogP contribution in [0.4, 0.5) is 0 Å². The molecule has 0 spiro atoms. The maximum Gasteiger partial charge on any atom is 0.306 e. The molecule has 0 saturated heterocycles. The minimum atomic E-state index is -0.815. The molecule has 0 radical (unpaired) electrons. The van der Waals surface area contributed by atoms with E-state index in [1.807, 2.05) is 12.2 Å². The maximum absolute atomic E-state index is 13.2. The van der Waals surface area contributed by atoms with Gasteiger partial charge in [-0.1, -0.05) is 229 Å². The Morgan fingerprint density at radius 2 is 0.951 bits per heavy atom. The first-order chi connectivity index (χ1) is 30.0. The lowest BCUT2D eigenvalue weighted by molar-refractivity contribution is -0.150. The number of hydrogen-bond donors (Lipinski definition) is 3. The summed E-state index contributed by atoms with van der Waals surface area (Å²) in [7, 11) is 0. The highest BCUT2D eigenvalue weighted by Crippen LogP contribution is 2.16. The number of amides is 1. The van der Waals surface area contributed by atoms with Crippen LogP contribution in [-0.2, 0) is 14.3 Å². The molecule has 1 amide bonds. The number of ether oxygens (including phenoxy) is 1. The van der Waals surface area contributed by atoms with E-state index < -0.39 is 18.2 Å². The fourth-order valence-corrected chi connectivity index (χ4v) is 7.40. The van der Waals surface area contributed by atoms with E-state index in [9.17, 15) is 19.8 Å². The van der Waals surface area contributed by atoms with Crippen molar-refractivity contribution in [3.05, 3.63) is 72.9 Å². The molecule has 6 heteroatoms. The minimum absolute atomic E-state index is 0.00601. The van der Waals surface area contributed by atoms with Gasteiger partial charge in [0.1, 0.15) is 6.10 Å². The smallest absolute Gasteiger partial charge is 0.306 e. The second kappa shape index (κ2) is 48.3. The van der Waals surface area contributed by atoms with Crippen LogP contribution in [0.5, 0.6) is 0 Å². The molecule has 0 aromatic carbocycles. The lowest BCUT2D eigenvalue weighted by atomic mass is 10.0. The molecule has 6 nitrogen and oxygen atoms in total. The van der Waals surface area contributed by atoms with Gasteiger partial charge in [-0.25, -0.2) is 0 Å². The fraction of sp³-hybridized carbons (Fsp3) is 0.745. The molecule has 3 atom stereocenters. The highest BCUT2D eigenvalue weighted by atomic mass is 16.5. The highest BCUT2D eigenvalue weighted by molar-refractivity contribution is 5.77. The van der Waals surface area contributed by atoms with Gasteiger partial charge in [-0.3, -0.25) is 9.59 Å². The number of aliphatic hydroxyl groups excluding tert-OH is 2. The summed E-state index contributed by atoms with van der Waals surface area (Å²) in [6, 6.07) is -0.735. The van der Waals surface area contributed by atoms with Crippen molar-refractivity contribution in [2.45, 2.75) is 257 Å². The van der Waals surface area contributed by atoms with Crippen LogP contribution in [0.1, 0.15) is 239 Å². The lowest BCUT2D eigenvalue weighted by Gasteiger charge is -2.24. The number of carbonyl (C=O) groups is 2. The van der Waals surface area contributed by atoms with E-state index in [0.29, 0.717) is 19.3 Å². The SMILES string of the molecule is CC/C=C\C/C=C\C/C=C\C/C=C\C/C=C\CC(CC(=O)NC(CO)C(O)CCCCCCCCCCCCCCCCCCC)OC(=O)CCCCCCC/C=C\CCC. The van der Waals surface area contributed by atoms with Crippen molar-refractivity contribution >= 4 is 11.9 Å². The normalized spacial score (nSPS) is 13.9. The second-order valence-corrected chi connectivity index (χ2v) is 17.2. The minimum Gasteiger partial charge on any atom is -0.461 e. The first-order valence-corrected chi connectivity index (χ1v) is 25.7. The third kappa shape index (κ3) is 43.7. The van der Waals surface area contributed by atoms with Crippen molar-refractivity contribution < 1.29 is 24.5 Å². The van der Waals surface area contributed by atoms with Crippen molar-refractivity contribution in [3.8, 4) is 0 Å². The van der Waals surface area contributed by atoms with Crippen LogP contribution >= 0.6 is 0 Å². The van der Waals surface area contributed by atoms with Crippen molar-refractivity contribution in [2.75, 3.05) is 6.61 Å². The van der Waals surface area contributed by atoms with Gasteiger partial charge in [0.2, 0.25) is 5.91 Å². The van der Waals surface area contributed by atoms with Crippen LogP contribution in [0, 0.1) is 0 Å².